The maximum atomic E-state index is 13.2. The van der Waals surface area contributed by atoms with Crippen molar-refractivity contribution >= 4 is 69.5 Å². The molecule has 230 valence electrons. The summed E-state index contributed by atoms with van der Waals surface area (Å²) < 4.78 is 0. The molecule has 0 bridgehead atoms. The number of phenolic OH excluding ortho intramolecular Hbond substituents is 2. The zero-order valence-electron chi connectivity index (χ0n) is 22.6. The van der Waals surface area contributed by atoms with Crippen LogP contribution in [0.2, 0.25) is 0 Å². The molecule has 1 unspecified atom stereocenters. The molecule has 1 aromatic carbocycles. The number of nitrogens with two attached hydrogens (primary N) is 1. The van der Waals surface area contributed by atoms with E-state index in [0.717, 1.165) is 40.1 Å². The number of hydrogen-bond acceptors (Lipinski definition) is 14. The van der Waals surface area contributed by atoms with Gasteiger partial charge in [0, 0.05) is 11.1 Å². The Morgan fingerprint density at radius 2 is 1.89 bits per heavy atom. The largest absolute Gasteiger partial charge is 0.504 e. The molecule has 3 aliphatic heterocycles. The van der Waals surface area contributed by atoms with Crippen LogP contribution in [0.3, 0.4) is 0 Å². The smallest absolute Gasteiger partial charge is 0.352 e. The quantitative estimate of drug-likeness (QED) is 0.0675. The highest BCUT2D eigenvalue weighted by Gasteiger charge is 2.55. The van der Waals surface area contributed by atoms with Gasteiger partial charge in [-0.15, -0.1) is 23.1 Å². The van der Waals surface area contributed by atoms with Crippen LogP contribution in [0.5, 0.6) is 11.5 Å². The summed E-state index contributed by atoms with van der Waals surface area (Å²) in [7, 11) is 0. The van der Waals surface area contributed by atoms with Crippen LogP contribution in [0.1, 0.15) is 40.3 Å². The van der Waals surface area contributed by atoms with Crippen molar-refractivity contribution in [2.75, 3.05) is 18.0 Å². The first-order chi connectivity index (χ1) is 20.6. The number of carboxylic acid groups (broad SMARTS) is 2. The van der Waals surface area contributed by atoms with Gasteiger partial charge in [0.15, 0.2) is 22.3 Å². The third-order valence-corrected chi connectivity index (χ3v) is 8.85. The Morgan fingerprint density at radius 1 is 1.18 bits per heavy atom. The van der Waals surface area contributed by atoms with Crippen molar-refractivity contribution in [2.45, 2.75) is 30.9 Å². The van der Waals surface area contributed by atoms with E-state index in [1.165, 1.54) is 19.2 Å². The lowest BCUT2D eigenvalue weighted by molar-refractivity contribution is -0.161. The van der Waals surface area contributed by atoms with E-state index in [0.29, 0.717) is 4.90 Å². The van der Waals surface area contributed by atoms with Gasteiger partial charge in [-0.05, 0) is 31.6 Å². The molecular weight excluding hydrogens is 624 g/mol. The Kier molecular flexibility index (Phi) is 7.46. The number of nitrogen functional groups attached to an aromatic ring is 1. The summed E-state index contributed by atoms with van der Waals surface area (Å²) in [5.74, 6) is -7.94. The van der Waals surface area contributed by atoms with Crippen LogP contribution in [-0.2, 0) is 24.0 Å². The number of fused-ring (bicyclic) bond motifs is 2. The number of β-lactam (4-membered cyclic amide) rings is 1. The fourth-order valence-corrected chi connectivity index (χ4v) is 6.38. The maximum Gasteiger partial charge on any atom is 0.352 e. The third-order valence-electron chi connectivity index (χ3n) is 6.84. The van der Waals surface area contributed by atoms with Gasteiger partial charge in [0.25, 0.3) is 23.6 Å². The summed E-state index contributed by atoms with van der Waals surface area (Å²) in [5.41, 5.74) is 2.25. The lowest BCUT2D eigenvalue weighted by atomic mass is 10.0. The Bertz CT molecular complexity index is 1730. The predicted octanol–water partition coefficient (Wildman–Crippen LogP) is -0.245. The molecule has 0 spiro atoms. The minimum atomic E-state index is -1.83. The molecule has 0 aliphatic carbocycles. The van der Waals surface area contributed by atoms with Crippen LogP contribution in [0.15, 0.2) is 33.9 Å². The Hall–Kier alpha value is -5.17. The lowest BCUT2D eigenvalue weighted by Gasteiger charge is -2.49. The molecule has 44 heavy (non-hydrogen) atoms. The number of thiazole rings is 1. The fraction of sp³-hybridized carbons (Fsp3) is 0.280. The summed E-state index contributed by atoms with van der Waals surface area (Å²) in [6.07, 6.45) is 0. The fourth-order valence-electron chi connectivity index (χ4n) is 4.50. The van der Waals surface area contributed by atoms with Crippen molar-refractivity contribution in [3.63, 3.8) is 0 Å². The number of nitrogens with zero attached hydrogens (tertiary/aromatic N) is 4. The number of anilines is 1. The van der Waals surface area contributed by atoms with Crippen molar-refractivity contribution in [1.29, 1.82) is 0 Å². The number of rotatable bonds is 9. The number of imide groups is 1. The maximum absolute atomic E-state index is 13.2. The summed E-state index contributed by atoms with van der Waals surface area (Å²) in [5, 5.41) is 45.8. The second kappa shape index (κ2) is 10.8. The van der Waals surface area contributed by atoms with E-state index in [1.807, 2.05) is 0 Å². The third kappa shape index (κ3) is 4.94. The summed E-state index contributed by atoms with van der Waals surface area (Å²) in [6, 6.07) is 0.953. The molecule has 2 atom stereocenters. The number of carbonyl (C=O) groups is 6. The van der Waals surface area contributed by atoms with Gasteiger partial charge in [0.05, 0.1) is 17.7 Å². The second-order valence-corrected chi connectivity index (χ2v) is 12.1. The van der Waals surface area contributed by atoms with E-state index < -0.39 is 87.6 Å². The van der Waals surface area contributed by atoms with Gasteiger partial charge in [0.1, 0.15) is 22.8 Å². The Morgan fingerprint density at radius 3 is 2.50 bits per heavy atom. The Balaban J connectivity index is 1.37. The summed E-state index contributed by atoms with van der Waals surface area (Å²) in [6.45, 7) is 1.87. The summed E-state index contributed by atoms with van der Waals surface area (Å²) in [4.78, 5) is 86.6. The molecule has 19 heteroatoms. The molecular formula is C25H22N6O11S2. The van der Waals surface area contributed by atoms with E-state index >= 15 is 0 Å². The highest BCUT2D eigenvalue weighted by atomic mass is 32.2. The van der Waals surface area contributed by atoms with Crippen LogP contribution in [0.25, 0.3) is 0 Å². The zero-order valence-corrected chi connectivity index (χ0v) is 24.3. The number of nitrogens with one attached hydrogen (secondary N) is 1. The van der Waals surface area contributed by atoms with E-state index in [2.05, 4.69) is 15.5 Å². The molecule has 1 aromatic heterocycles. The predicted molar refractivity (Wildman–Crippen MR) is 151 cm³/mol. The SMILES string of the molecule is CC(C)(ON=C(C(=O)NC1C(=O)N2C(C(=O)O)=C(CN3C(=O)c4ccc(O)c(O)c4C3=O)CS[C@@H]12)c1csc(N)n1)C(=O)O. The first kappa shape index (κ1) is 30.3. The minimum absolute atomic E-state index is 0.0413. The van der Waals surface area contributed by atoms with Gasteiger partial charge < -0.3 is 36.3 Å². The monoisotopic (exact) mass is 646 g/mol. The first-order valence-electron chi connectivity index (χ1n) is 12.5. The summed E-state index contributed by atoms with van der Waals surface area (Å²) >= 11 is 2.02. The molecule has 5 rings (SSSR count). The highest BCUT2D eigenvalue weighted by molar-refractivity contribution is 8.00. The molecule has 4 heterocycles. The molecule has 0 radical (unpaired) electrons. The number of oxime groups is 1. The van der Waals surface area contributed by atoms with E-state index in [1.54, 1.807) is 0 Å². The molecule has 2 aromatic rings. The number of hydrogen-bond donors (Lipinski definition) is 6. The van der Waals surface area contributed by atoms with Gasteiger partial charge in [0.2, 0.25) is 5.60 Å². The number of aromatic nitrogens is 1. The zero-order chi connectivity index (χ0) is 32.2. The van der Waals surface area contributed by atoms with Crippen LogP contribution in [-0.4, -0.2) is 106 Å². The van der Waals surface area contributed by atoms with Gasteiger partial charge >= 0.3 is 11.9 Å². The number of thioether (sulfide) groups is 1. The highest BCUT2D eigenvalue weighted by Crippen LogP contribution is 2.42. The van der Waals surface area contributed by atoms with Gasteiger partial charge in [-0.2, -0.15) is 0 Å². The number of aromatic hydroxyl groups is 2. The average Bonchev–Trinajstić information content (AvgIpc) is 3.49. The molecule has 7 N–H and O–H groups in total. The number of benzene rings is 1. The van der Waals surface area contributed by atoms with E-state index in [9.17, 15) is 49.2 Å². The second-order valence-electron chi connectivity index (χ2n) is 10.1. The molecule has 0 saturated carbocycles. The van der Waals surface area contributed by atoms with Crippen molar-refractivity contribution in [2.24, 2.45) is 5.16 Å². The molecule has 4 amide bonds. The van der Waals surface area contributed by atoms with Gasteiger partial charge in [-0.3, -0.25) is 29.0 Å². The molecule has 1 saturated heterocycles. The number of aliphatic carboxylic acids is 2. The van der Waals surface area contributed by atoms with Crippen molar-refractivity contribution < 1.29 is 54.0 Å². The number of carboxylic acids is 2. The van der Waals surface area contributed by atoms with Gasteiger partial charge in [-0.1, -0.05) is 5.16 Å². The van der Waals surface area contributed by atoms with Crippen LogP contribution in [0.4, 0.5) is 5.13 Å². The number of amides is 4. The van der Waals surface area contributed by atoms with Crippen molar-refractivity contribution in [3.05, 3.63) is 45.6 Å². The lowest BCUT2D eigenvalue weighted by Crippen LogP contribution is -2.71. The normalized spacial score (nSPS) is 19.9. The van der Waals surface area contributed by atoms with Crippen LogP contribution in [0, 0.1) is 0 Å². The topological polar surface area (TPSA) is 262 Å². The minimum Gasteiger partial charge on any atom is -0.504 e. The average molecular weight is 647 g/mol. The van der Waals surface area contributed by atoms with E-state index in [4.69, 9.17) is 10.6 Å². The number of carbonyl (C=O) groups excluding carboxylic acids is 4. The van der Waals surface area contributed by atoms with Crippen LogP contribution >= 0.6 is 23.1 Å². The van der Waals surface area contributed by atoms with Gasteiger partial charge in [-0.25, -0.2) is 14.6 Å². The van der Waals surface area contributed by atoms with Crippen molar-refractivity contribution in [1.82, 2.24) is 20.1 Å². The molecule has 17 nitrogen and oxygen atoms in total. The first-order valence-corrected chi connectivity index (χ1v) is 14.4. The van der Waals surface area contributed by atoms with Crippen LogP contribution < -0.4 is 11.1 Å². The molecule has 3 aliphatic rings. The molecule has 1 fully saturated rings. The standard InChI is InChI=1S/C25H22N6O11S2/c1-25(2,23(40)41)42-29-13(10-7-44-24(26)27-10)17(34)28-14-20(37)31-15(22(38)39)8(6-43-21(14)31)5-30-18(35)9-3-4-11(32)16(33)12(9)19(30)36/h3-4,7,14,21,32-33H,5-6H2,1-2H3,(H2,26,27)(H,28,34)(H,38,39)(H,40,41)/t14?,21-/m0/s1. The Labute approximate surface area is 254 Å². The van der Waals surface area contributed by atoms with Crippen molar-refractivity contribution in [3.8, 4) is 11.5 Å². The number of phenols is 2. The van der Waals surface area contributed by atoms with E-state index in [-0.39, 0.29) is 27.7 Å².